The molecule has 0 fully saturated rings. The molecule has 4 rings (SSSR count). The van der Waals surface area contributed by atoms with Crippen LogP contribution in [-0.2, 0) is 6.42 Å². The van der Waals surface area contributed by atoms with E-state index in [-0.39, 0.29) is 11.9 Å². The third-order valence-corrected chi connectivity index (χ3v) is 5.59. The number of fused-ring (bicyclic) bond motifs is 1. The van der Waals surface area contributed by atoms with Gasteiger partial charge in [0, 0.05) is 17.1 Å². The van der Waals surface area contributed by atoms with E-state index in [1.54, 1.807) is 38.5 Å². The Morgan fingerprint density at radius 2 is 1.62 bits per heavy atom. The molecule has 1 atom stereocenters. The predicted octanol–water partition coefficient (Wildman–Crippen LogP) is 5.15. The summed E-state index contributed by atoms with van der Waals surface area (Å²) in [5.41, 5.74) is 3.90. The molecule has 148 valence electrons. The minimum absolute atomic E-state index is 0.0176. The first kappa shape index (κ1) is 19.3. The van der Waals surface area contributed by atoms with Crippen molar-refractivity contribution in [1.29, 1.82) is 0 Å². The summed E-state index contributed by atoms with van der Waals surface area (Å²) in [5, 5.41) is 0.613. The number of benzene rings is 3. The normalized spacial score (nSPS) is 15.6. The van der Waals surface area contributed by atoms with E-state index in [4.69, 9.17) is 21.1 Å². The summed E-state index contributed by atoms with van der Waals surface area (Å²) in [6.07, 6.45) is 0.748. The Morgan fingerprint density at radius 1 is 0.966 bits per heavy atom. The molecule has 0 aliphatic carbocycles. The smallest absolute Gasteiger partial charge is 0.254 e. The van der Waals surface area contributed by atoms with Gasteiger partial charge in [-0.2, -0.15) is 0 Å². The van der Waals surface area contributed by atoms with E-state index in [9.17, 15) is 4.79 Å². The maximum absolute atomic E-state index is 13.4. The number of halogens is 1. The highest BCUT2D eigenvalue weighted by Gasteiger charge is 2.33. The fourth-order valence-electron chi connectivity index (χ4n) is 3.92. The van der Waals surface area contributed by atoms with Crippen LogP contribution < -0.4 is 9.47 Å². The van der Waals surface area contributed by atoms with Crippen molar-refractivity contribution in [2.24, 2.45) is 0 Å². The lowest BCUT2D eigenvalue weighted by Gasteiger charge is -2.38. The Balaban J connectivity index is 1.83. The molecule has 5 heteroatoms. The van der Waals surface area contributed by atoms with Crippen LogP contribution in [0.3, 0.4) is 0 Å². The van der Waals surface area contributed by atoms with Gasteiger partial charge in [-0.1, -0.05) is 41.9 Å². The van der Waals surface area contributed by atoms with E-state index < -0.39 is 0 Å². The molecule has 0 N–H and O–H groups in total. The minimum atomic E-state index is -0.206. The lowest BCUT2D eigenvalue weighted by molar-refractivity contribution is 0.0694. The highest BCUT2D eigenvalue weighted by Crippen LogP contribution is 2.41. The zero-order chi connectivity index (χ0) is 20.4. The number of carbonyl (C=O) groups is 1. The lowest BCUT2D eigenvalue weighted by atomic mass is 9.87. The van der Waals surface area contributed by atoms with Gasteiger partial charge in [0.15, 0.2) is 11.5 Å². The number of amides is 1. The first-order chi connectivity index (χ1) is 14.1. The zero-order valence-corrected chi connectivity index (χ0v) is 17.1. The minimum Gasteiger partial charge on any atom is -0.493 e. The molecule has 1 unspecified atom stereocenters. The largest absolute Gasteiger partial charge is 0.493 e. The molecule has 3 aromatic rings. The zero-order valence-electron chi connectivity index (χ0n) is 16.4. The highest BCUT2D eigenvalue weighted by molar-refractivity contribution is 6.30. The van der Waals surface area contributed by atoms with E-state index in [0.717, 1.165) is 23.1 Å². The Morgan fingerprint density at radius 3 is 2.28 bits per heavy atom. The van der Waals surface area contributed by atoms with Crippen molar-refractivity contribution in [1.82, 2.24) is 4.90 Å². The predicted molar refractivity (Wildman–Crippen MR) is 114 cm³/mol. The van der Waals surface area contributed by atoms with Crippen molar-refractivity contribution in [3.63, 3.8) is 0 Å². The molecule has 0 aromatic heterocycles. The van der Waals surface area contributed by atoms with Crippen molar-refractivity contribution >= 4 is 17.5 Å². The number of ether oxygens (including phenoxy) is 2. The monoisotopic (exact) mass is 407 g/mol. The van der Waals surface area contributed by atoms with Crippen molar-refractivity contribution in [3.05, 3.63) is 94.0 Å². The molecule has 0 spiro atoms. The SMILES string of the molecule is COc1cc2c(cc1OC)C(c1ccccc1)N(C(=O)c1ccc(Cl)cc1)CC2. The number of rotatable bonds is 4. The van der Waals surface area contributed by atoms with Gasteiger partial charge in [-0.05, 0) is 59.5 Å². The van der Waals surface area contributed by atoms with E-state index >= 15 is 0 Å². The summed E-state index contributed by atoms with van der Waals surface area (Å²) < 4.78 is 11.0. The summed E-state index contributed by atoms with van der Waals surface area (Å²) >= 11 is 6.00. The van der Waals surface area contributed by atoms with Crippen LogP contribution in [0.15, 0.2) is 66.7 Å². The van der Waals surface area contributed by atoms with Gasteiger partial charge in [0.2, 0.25) is 0 Å². The quantitative estimate of drug-likeness (QED) is 0.600. The van der Waals surface area contributed by atoms with Crippen LogP contribution in [0.5, 0.6) is 11.5 Å². The van der Waals surface area contributed by atoms with Gasteiger partial charge in [0.25, 0.3) is 5.91 Å². The number of nitrogens with zero attached hydrogens (tertiary/aromatic N) is 1. The third-order valence-electron chi connectivity index (χ3n) is 5.34. The molecule has 3 aromatic carbocycles. The third kappa shape index (κ3) is 3.68. The fraction of sp³-hybridized carbons (Fsp3) is 0.208. The molecule has 1 aliphatic heterocycles. The summed E-state index contributed by atoms with van der Waals surface area (Å²) in [6.45, 7) is 0.615. The summed E-state index contributed by atoms with van der Waals surface area (Å²) in [7, 11) is 3.26. The first-order valence-corrected chi connectivity index (χ1v) is 9.86. The molecule has 0 radical (unpaired) electrons. The maximum atomic E-state index is 13.4. The molecule has 1 aliphatic rings. The molecule has 1 heterocycles. The Kier molecular flexibility index (Phi) is 5.45. The molecular weight excluding hydrogens is 386 g/mol. The number of carbonyl (C=O) groups excluding carboxylic acids is 1. The van der Waals surface area contributed by atoms with Crippen molar-refractivity contribution in [2.45, 2.75) is 12.5 Å². The Bertz CT molecular complexity index is 1020. The van der Waals surface area contributed by atoms with Crippen LogP contribution in [0.2, 0.25) is 5.02 Å². The first-order valence-electron chi connectivity index (χ1n) is 9.48. The summed E-state index contributed by atoms with van der Waals surface area (Å²) in [5.74, 6) is 1.35. The van der Waals surface area contributed by atoms with Crippen molar-refractivity contribution < 1.29 is 14.3 Å². The average Bonchev–Trinajstić information content (AvgIpc) is 2.77. The second-order valence-electron chi connectivity index (χ2n) is 6.97. The molecule has 0 bridgehead atoms. The van der Waals surface area contributed by atoms with Gasteiger partial charge < -0.3 is 14.4 Å². The second kappa shape index (κ2) is 8.18. The number of hydrogen-bond acceptors (Lipinski definition) is 3. The van der Waals surface area contributed by atoms with E-state index in [0.29, 0.717) is 28.6 Å². The molecule has 29 heavy (non-hydrogen) atoms. The van der Waals surface area contributed by atoms with Gasteiger partial charge in [-0.3, -0.25) is 4.79 Å². The van der Waals surface area contributed by atoms with Crippen LogP contribution in [0.25, 0.3) is 0 Å². The van der Waals surface area contributed by atoms with Gasteiger partial charge in [0.1, 0.15) is 0 Å². The van der Waals surface area contributed by atoms with E-state index in [1.165, 1.54) is 0 Å². The summed E-state index contributed by atoms with van der Waals surface area (Å²) in [6, 6.07) is 20.9. The molecule has 0 saturated heterocycles. The van der Waals surface area contributed by atoms with Gasteiger partial charge >= 0.3 is 0 Å². The summed E-state index contributed by atoms with van der Waals surface area (Å²) in [4.78, 5) is 15.3. The van der Waals surface area contributed by atoms with Crippen LogP contribution >= 0.6 is 11.6 Å². The molecule has 0 saturated carbocycles. The Hall–Kier alpha value is -2.98. The van der Waals surface area contributed by atoms with Gasteiger partial charge in [-0.15, -0.1) is 0 Å². The highest BCUT2D eigenvalue weighted by atomic mass is 35.5. The molecule has 4 nitrogen and oxygen atoms in total. The van der Waals surface area contributed by atoms with Gasteiger partial charge in [-0.25, -0.2) is 0 Å². The second-order valence-corrected chi connectivity index (χ2v) is 7.41. The van der Waals surface area contributed by atoms with E-state index in [2.05, 4.69) is 12.1 Å². The topological polar surface area (TPSA) is 38.8 Å². The van der Waals surface area contributed by atoms with Crippen molar-refractivity contribution in [3.8, 4) is 11.5 Å². The van der Waals surface area contributed by atoms with Crippen LogP contribution in [0.1, 0.15) is 33.1 Å². The standard InChI is InChI=1S/C24H22ClNO3/c1-28-21-14-18-12-13-26(24(27)17-8-10-19(25)11-9-17)23(16-6-4-3-5-7-16)20(18)15-22(21)29-2/h3-11,14-15,23H,12-13H2,1-2H3. The van der Waals surface area contributed by atoms with Crippen molar-refractivity contribution in [2.75, 3.05) is 20.8 Å². The number of hydrogen-bond donors (Lipinski definition) is 0. The number of methoxy groups -OCH3 is 2. The molecular formula is C24H22ClNO3. The Labute approximate surface area is 175 Å². The van der Waals surface area contributed by atoms with Crippen LogP contribution in [0, 0.1) is 0 Å². The average molecular weight is 408 g/mol. The van der Waals surface area contributed by atoms with Gasteiger partial charge in [0.05, 0.1) is 20.3 Å². The lowest BCUT2D eigenvalue weighted by Crippen LogP contribution is -2.40. The van der Waals surface area contributed by atoms with Crippen LogP contribution in [-0.4, -0.2) is 31.6 Å². The molecule has 1 amide bonds. The van der Waals surface area contributed by atoms with E-state index in [1.807, 2.05) is 35.2 Å². The maximum Gasteiger partial charge on any atom is 0.254 e. The fourth-order valence-corrected chi connectivity index (χ4v) is 4.04. The van der Waals surface area contributed by atoms with Crippen LogP contribution in [0.4, 0.5) is 0 Å².